The predicted molar refractivity (Wildman–Crippen MR) is 150 cm³/mol. The molecular weight excluding hydrogens is 494 g/mol. The van der Waals surface area contributed by atoms with Gasteiger partial charge in [0, 0.05) is 48.1 Å². The van der Waals surface area contributed by atoms with Crippen molar-refractivity contribution < 1.29 is 9.53 Å². The SMILES string of the molecule is O=C(Cn1c(N2CCOCC2)nc2c(c1=O)N[C@@H](CCc1ccccc1)CC2)NCc1cc2cnccc2[nH]1. The summed E-state index contributed by atoms with van der Waals surface area (Å²) >= 11 is 0. The van der Waals surface area contributed by atoms with Crippen LogP contribution in [-0.2, 0) is 35.5 Å². The Morgan fingerprint density at radius 2 is 2.00 bits per heavy atom. The molecular formula is C29H33N7O3. The average Bonchev–Trinajstić information content (AvgIpc) is 3.41. The highest BCUT2D eigenvalue weighted by Crippen LogP contribution is 2.25. The lowest BCUT2D eigenvalue weighted by molar-refractivity contribution is -0.121. The molecule has 2 aliphatic heterocycles. The molecule has 0 aliphatic carbocycles. The van der Waals surface area contributed by atoms with Crippen molar-refractivity contribution in [1.29, 1.82) is 0 Å². The number of carbonyl (C=O) groups excluding carboxylic acids is 1. The molecule has 2 aliphatic rings. The number of aromatic amines is 1. The van der Waals surface area contributed by atoms with E-state index in [0.29, 0.717) is 44.5 Å². The smallest absolute Gasteiger partial charge is 0.279 e. The average molecular weight is 528 g/mol. The summed E-state index contributed by atoms with van der Waals surface area (Å²) in [5, 5.41) is 7.41. The van der Waals surface area contributed by atoms with Gasteiger partial charge in [0.15, 0.2) is 0 Å². The molecule has 4 aromatic rings. The largest absolute Gasteiger partial charge is 0.378 e. The lowest BCUT2D eigenvalue weighted by Crippen LogP contribution is -2.44. The van der Waals surface area contributed by atoms with Gasteiger partial charge in [0.05, 0.1) is 25.5 Å². The molecule has 1 amide bonds. The van der Waals surface area contributed by atoms with E-state index in [1.54, 1.807) is 12.4 Å². The number of aryl methyl sites for hydroxylation is 2. The number of pyridine rings is 1. The Hall–Kier alpha value is -4.18. The maximum atomic E-state index is 13.8. The van der Waals surface area contributed by atoms with E-state index in [1.807, 2.05) is 23.1 Å². The van der Waals surface area contributed by atoms with Gasteiger partial charge >= 0.3 is 0 Å². The number of aromatic nitrogens is 4. The molecule has 5 heterocycles. The number of rotatable bonds is 8. The standard InChI is InChI=1S/C29H33N7O3/c37-26(31-18-23-16-21-17-30-11-10-24(21)32-23)19-36-28(38)27-25(34-29(36)35-12-14-39-15-13-35)9-8-22(33-27)7-6-20-4-2-1-3-5-20/h1-5,10-11,16-17,22,32-33H,6-9,12-15,18-19H2,(H,31,37)/t22-/m0/s1. The van der Waals surface area contributed by atoms with Crippen LogP contribution in [0, 0.1) is 0 Å². The van der Waals surface area contributed by atoms with E-state index in [2.05, 4.69) is 44.9 Å². The Kier molecular flexibility index (Phi) is 7.27. The van der Waals surface area contributed by atoms with E-state index in [4.69, 9.17) is 9.72 Å². The summed E-state index contributed by atoms with van der Waals surface area (Å²) in [6.07, 6.45) is 7.02. The van der Waals surface area contributed by atoms with Crippen LogP contribution >= 0.6 is 0 Å². The molecule has 0 spiro atoms. The number of nitrogens with zero attached hydrogens (tertiary/aromatic N) is 4. The number of ether oxygens (including phenoxy) is 1. The molecule has 3 aromatic heterocycles. The molecule has 1 fully saturated rings. The van der Waals surface area contributed by atoms with Gasteiger partial charge < -0.3 is 25.3 Å². The minimum Gasteiger partial charge on any atom is -0.378 e. The number of morpholine rings is 1. The maximum Gasteiger partial charge on any atom is 0.279 e. The molecule has 1 atom stereocenters. The number of carbonyl (C=O) groups is 1. The first-order valence-electron chi connectivity index (χ1n) is 13.6. The van der Waals surface area contributed by atoms with Crippen molar-refractivity contribution in [2.75, 3.05) is 36.5 Å². The van der Waals surface area contributed by atoms with Gasteiger partial charge in [-0.1, -0.05) is 30.3 Å². The van der Waals surface area contributed by atoms with Gasteiger partial charge in [0.2, 0.25) is 11.9 Å². The van der Waals surface area contributed by atoms with Crippen molar-refractivity contribution in [2.45, 2.75) is 44.8 Å². The first-order valence-corrected chi connectivity index (χ1v) is 13.6. The summed E-state index contributed by atoms with van der Waals surface area (Å²) in [6.45, 7) is 2.60. The van der Waals surface area contributed by atoms with Crippen LogP contribution in [0.25, 0.3) is 10.9 Å². The highest BCUT2D eigenvalue weighted by atomic mass is 16.5. The van der Waals surface area contributed by atoms with E-state index >= 15 is 0 Å². The van der Waals surface area contributed by atoms with Gasteiger partial charge in [-0.15, -0.1) is 0 Å². The fourth-order valence-corrected chi connectivity index (χ4v) is 5.37. The third kappa shape index (κ3) is 5.65. The van der Waals surface area contributed by atoms with Crippen LogP contribution in [0.5, 0.6) is 0 Å². The van der Waals surface area contributed by atoms with Crippen LogP contribution < -0.4 is 21.1 Å². The monoisotopic (exact) mass is 527 g/mol. The van der Waals surface area contributed by atoms with Crippen LogP contribution in [-0.4, -0.2) is 57.8 Å². The van der Waals surface area contributed by atoms with E-state index in [1.165, 1.54) is 10.1 Å². The molecule has 39 heavy (non-hydrogen) atoms. The summed E-state index contributed by atoms with van der Waals surface area (Å²) in [5.74, 6) is 0.292. The molecule has 202 valence electrons. The number of hydrogen-bond acceptors (Lipinski definition) is 7. The van der Waals surface area contributed by atoms with E-state index in [-0.39, 0.29) is 24.1 Å². The highest BCUT2D eigenvalue weighted by molar-refractivity contribution is 5.80. The predicted octanol–water partition coefficient (Wildman–Crippen LogP) is 2.63. The summed E-state index contributed by atoms with van der Waals surface area (Å²) < 4.78 is 7.03. The molecule has 10 heteroatoms. The Morgan fingerprint density at radius 3 is 2.82 bits per heavy atom. The van der Waals surface area contributed by atoms with Gasteiger partial charge in [0.1, 0.15) is 12.2 Å². The van der Waals surface area contributed by atoms with Gasteiger partial charge in [-0.25, -0.2) is 4.98 Å². The van der Waals surface area contributed by atoms with Crippen molar-refractivity contribution in [3.63, 3.8) is 0 Å². The fraction of sp³-hybridized carbons (Fsp3) is 0.379. The van der Waals surface area contributed by atoms with Crippen molar-refractivity contribution >= 4 is 28.4 Å². The van der Waals surface area contributed by atoms with Gasteiger partial charge in [0.25, 0.3) is 5.56 Å². The fourth-order valence-electron chi connectivity index (χ4n) is 5.37. The summed E-state index contributed by atoms with van der Waals surface area (Å²) in [4.78, 5) is 41.3. The number of amides is 1. The minimum atomic E-state index is -0.249. The molecule has 0 unspecified atom stereocenters. The first-order chi connectivity index (χ1) is 19.1. The topological polar surface area (TPSA) is 117 Å². The number of nitrogens with one attached hydrogen (secondary N) is 3. The summed E-state index contributed by atoms with van der Waals surface area (Å²) in [6, 6.07) is 14.4. The summed E-state index contributed by atoms with van der Waals surface area (Å²) in [5.41, 5.74) is 4.22. The number of benzene rings is 1. The van der Waals surface area contributed by atoms with Gasteiger partial charge in [-0.05, 0) is 43.4 Å². The Balaban J connectivity index is 1.21. The molecule has 0 bridgehead atoms. The number of hydrogen-bond donors (Lipinski definition) is 3. The molecule has 3 N–H and O–H groups in total. The van der Waals surface area contributed by atoms with Crippen LogP contribution in [0.2, 0.25) is 0 Å². The normalized spacial score (nSPS) is 17.0. The number of H-pyrrole nitrogens is 1. The second-order valence-electron chi connectivity index (χ2n) is 10.2. The second-order valence-corrected chi connectivity index (χ2v) is 10.2. The van der Waals surface area contributed by atoms with Crippen molar-refractivity contribution in [1.82, 2.24) is 24.8 Å². The first kappa shape index (κ1) is 25.1. The summed E-state index contributed by atoms with van der Waals surface area (Å²) in [7, 11) is 0. The van der Waals surface area contributed by atoms with Crippen molar-refractivity contribution in [2.24, 2.45) is 0 Å². The quantitative estimate of drug-likeness (QED) is 0.323. The van der Waals surface area contributed by atoms with Gasteiger partial charge in [-0.3, -0.25) is 19.1 Å². The molecule has 1 aromatic carbocycles. The van der Waals surface area contributed by atoms with Gasteiger partial charge in [-0.2, -0.15) is 0 Å². The van der Waals surface area contributed by atoms with Crippen LogP contribution in [0.4, 0.5) is 11.6 Å². The minimum absolute atomic E-state index is 0.107. The van der Waals surface area contributed by atoms with Crippen LogP contribution in [0.15, 0.2) is 59.7 Å². The van der Waals surface area contributed by atoms with E-state index in [9.17, 15) is 9.59 Å². The Bertz CT molecular complexity index is 1480. The third-order valence-corrected chi connectivity index (χ3v) is 7.47. The zero-order valence-electron chi connectivity index (χ0n) is 21.9. The van der Waals surface area contributed by atoms with Crippen molar-refractivity contribution in [3.8, 4) is 0 Å². The molecule has 0 radical (unpaired) electrons. The molecule has 0 saturated carbocycles. The van der Waals surface area contributed by atoms with E-state index < -0.39 is 0 Å². The van der Waals surface area contributed by atoms with Crippen molar-refractivity contribution in [3.05, 3.63) is 82.2 Å². The molecule has 10 nitrogen and oxygen atoms in total. The number of fused-ring (bicyclic) bond motifs is 2. The lowest BCUT2D eigenvalue weighted by atomic mass is 9.97. The zero-order chi connectivity index (χ0) is 26.6. The second kappa shape index (κ2) is 11.3. The lowest BCUT2D eigenvalue weighted by Gasteiger charge is -2.32. The zero-order valence-corrected chi connectivity index (χ0v) is 21.9. The Labute approximate surface area is 226 Å². The Morgan fingerprint density at radius 1 is 1.15 bits per heavy atom. The van der Waals surface area contributed by atoms with Crippen LogP contribution in [0.1, 0.15) is 29.8 Å². The van der Waals surface area contributed by atoms with E-state index in [0.717, 1.165) is 48.0 Å². The molecule has 1 saturated heterocycles. The highest BCUT2D eigenvalue weighted by Gasteiger charge is 2.27. The molecule has 6 rings (SSSR count). The van der Waals surface area contributed by atoms with Crippen LogP contribution in [0.3, 0.4) is 0 Å². The third-order valence-electron chi connectivity index (χ3n) is 7.47. The maximum absolute atomic E-state index is 13.8. The number of anilines is 2.